The summed E-state index contributed by atoms with van der Waals surface area (Å²) in [6.07, 6.45) is 5.89. The number of hydrogen-bond donors (Lipinski definition) is 1. The highest BCUT2D eigenvalue weighted by molar-refractivity contribution is 7.85. The van der Waals surface area contributed by atoms with E-state index >= 15 is 0 Å². The third-order valence-corrected chi connectivity index (χ3v) is 5.94. The van der Waals surface area contributed by atoms with Gasteiger partial charge in [-0.2, -0.15) is 0 Å². The second kappa shape index (κ2) is 5.87. The van der Waals surface area contributed by atoms with Crippen molar-refractivity contribution in [3.05, 3.63) is 23.8 Å². The maximum Gasteiger partial charge on any atom is 0.0622 e. The van der Waals surface area contributed by atoms with Crippen LogP contribution in [0, 0.1) is 12.8 Å². The van der Waals surface area contributed by atoms with E-state index in [0.717, 1.165) is 34.9 Å². The first-order valence-corrected chi connectivity index (χ1v) is 8.10. The standard InChI is InChI=1S/C15H23NOS/c1-3-12-7-5-8-13(10-12)18(17)14-9-4-6-11(2)15(14)16/h4,6,9,12-13H,3,5,7-8,10,16H2,1-2H3. The summed E-state index contributed by atoms with van der Waals surface area (Å²) < 4.78 is 12.7. The van der Waals surface area contributed by atoms with Gasteiger partial charge in [0.1, 0.15) is 0 Å². The van der Waals surface area contributed by atoms with E-state index in [4.69, 9.17) is 5.73 Å². The molecule has 1 aromatic carbocycles. The molecule has 1 aliphatic rings. The predicted molar refractivity (Wildman–Crippen MR) is 78.0 cm³/mol. The van der Waals surface area contributed by atoms with E-state index in [-0.39, 0.29) is 0 Å². The van der Waals surface area contributed by atoms with Crippen LogP contribution in [-0.4, -0.2) is 9.46 Å². The number of aryl methyl sites for hydroxylation is 1. The van der Waals surface area contributed by atoms with Crippen molar-refractivity contribution in [3.8, 4) is 0 Å². The monoisotopic (exact) mass is 265 g/mol. The molecule has 1 aliphatic carbocycles. The summed E-state index contributed by atoms with van der Waals surface area (Å²) in [5, 5.41) is 0.299. The van der Waals surface area contributed by atoms with Crippen molar-refractivity contribution in [2.24, 2.45) is 5.92 Å². The van der Waals surface area contributed by atoms with E-state index in [1.807, 2.05) is 25.1 Å². The Kier molecular flexibility index (Phi) is 4.44. The Balaban J connectivity index is 2.18. The zero-order chi connectivity index (χ0) is 13.1. The molecule has 0 bridgehead atoms. The van der Waals surface area contributed by atoms with Gasteiger partial charge in [-0.1, -0.05) is 38.3 Å². The Bertz CT molecular complexity index is 444. The topological polar surface area (TPSA) is 43.1 Å². The SMILES string of the molecule is CCC1CCCC(S(=O)c2cccc(C)c2N)C1. The minimum atomic E-state index is -0.939. The third kappa shape index (κ3) is 2.77. The maximum atomic E-state index is 12.7. The zero-order valence-corrected chi connectivity index (χ0v) is 12.1. The van der Waals surface area contributed by atoms with Gasteiger partial charge in [-0.05, 0) is 37.3 Å². The molecule has 0 aromatic heterocycles. The van der Waals surface area contributed by atoms with Crippen LogP contribution >= 0.6 is 0 Å². The number of rotatable bonds is 3. The van der Waals surface area contributed by atoms with Crippen LogP contribution < -0.4 is 5.73 Å². The van der Waals surface area contributed by atoms with E-state index < -0.39 is 10.8 Å². The third-order valence-electron chi connectivity index (χ3n) is 4.12. The highest BCUT2D eigenvalue weighted by Gasteiger charge is 2.27. The lowest BCUT2D eigenvalue weighted by molar-refractivity contribution is 0.353. The van der Waals surface area contributed by atoms with Crippen LogP contribution in [-0.2, 0) is 10.8 Å². The molecule has 2 N–H and O–H groups in total. The summed E-state index contributed by atoms with van der Waals surface area (Å²) in [6, 6.07) is 5.86. The van der Waals surface area contributed by atoms with Crippen molar-refractivity contribution in [2.75, 3.05) is 5.73 Å². The lowest BCUT2D eigenvalue weighted by atomic mass is 9.87. The van der Waals surface area contributed by atoms with Crippen molar-refractivity contribution >= 4 is 16.5 Å². The normalized spacial score (nSPS) is 25.9. The van der Waals surface area contributed by atoms with Gasteiger partial charge in [-0.15, -0.1) is 0 Å². The summed E-state index contributed by atoms with van der Waals surface area (Å²) in [7, 11) is -0.939. The molecule has 100 valence electrons. The molecule has 0 amide bonds. The molecule has 18 heavy (non-hydrogen) atoms. The van der Waals surface area contributed by atoms with Crippen molar-refractivity contribution < 1.29 is 4.21 Å². The van der Waals surface area contributed by atoms with Crippen molar-refractivity contribution in [1.82, 2.24) is 0 Å². The molecule has 0 saturated heterocycles. The molecule has 1 aromatic rings. The van der Waals surface area contributed by atoms with E-state index in [0.29, 0.717) is 5.25 Å². The Morgan fingerprint density at radius 1 is 1.39 bits per heavy atom. The van der Waals surface area contributed by atoms with Gasteiger partial charge in [-0.25, -0.2) is 0 Å². The van der Waals surface area contributed by atoms with Gasteiger partial charge in [0.15, 0.2) is 0 Å². The highest BCUT2D eigenvalue weighted by atomic mass is 32.2. The first-order chi connectivity index (χ1) is 8.63. The largest absolute Gasteiger partial charge is 0.398 e. The Morgan fingerprint density at radius 3 is 2.89 bits per heavy atom. The van der Waals surface area contributed by atoms with Crippen LogP contribution in [0.25, 0.3) is 0 Å². The van der Waals surface area contributed by atoms with Gasteiger partial charge in [0, 0.05) is 5.25 Å². The van der Waals surface area contributed by atoms with Gasteiger partial charge in [0.2, 0.25) is 0 Å². The summed E-state index contributed by atoms with van der Waals surface area (Å²) in [5.74, 6) is 0.749. The lowest BCUT2D eigenvalue weighted by Crippen LogP contribution is -2.24. The van der Waals surface area contributed by atoms with Crippen molar-refractivity contribution in [2.45, 2.75) is 56.1 Å². The van der Waals surface area contributed by atoms with Crippen LogP contribution in [0.15, 0.2) is 23.1 Å². The average Bonchev–Trinajstić information content (AvgIpc) is 2.41. The van der Waals surface area contributed by atoms with Crippen molar-refractivity contribution in [1.29, 1.82) is 0 Å². The zero-order valence-electron chi connectivity index (χ0n) is 11.3. The number of nitrogen functional groups attached to an aromatic ring is 1. The molecule has 1 saturated carbocycles. The smallest absolute Gasteiger partial charge is 0.0622 e. The molecular weight excluding hydrogens is 242 g/mol. The quantitative estimate of drug-likeness (QED) is 0.848. The molecule has 0 heterocycles. The molecule has 3 heteroatoms. The van der Waals surface area contributed by atoms with Crippen LogP contribution in [0.4, 0.5) is 5.69 Å². The fraction of sp³-hybridized carbons (Fsp3) is 0.600. The van der Waals surface area contributed by atoms with Crippen LogP contribution in [0.3, 0.4) is 0 Å². The maximum absolute atomic E-state index is 12.7. The molecule has 0 radical (unpaired) electrons. The number of benzene rings is 1. The average molecular weight is 265 g/mol. The van der Waals surface area contributed by atoms with Crippen LogP contribution in [0.2, 0.25) is 0 Å². The van der Waals surface area contributed by atoms with Gasteiger partial charge >= 0.3 is 0 Å². The predicted octanol–water partition coefficient (Wildman–Crippen LogP) is 3.65. The second-order valence-electron chi connectivity index (χ2n) is 5.35. The minimum Gasteiger partial charge on any atom is -0.398 e. The molecule has 3 unspecified atom stereocenters. The number of hydrogen-bond acceptors (Lipinski definition) is 2. The number of nitrogens with two attached hydrogens (primary N) is 1. The van der Waals surface area contributed by atoms with Crippen molar-refractivity contribution in [3.63, 3.8) is 0 Å². The fourth-order valence-electron chi connectivity index (χ4n) is 2.82. The summed E-state index contributed by atoms with van der Waals surface area (Å²) >= 11 is 0. The molecule has 0 spiro atoms. The highest BCUT2D eigenvalue weighted by Crippen LogP contribution is 2.33. The molecule has 0 aliphatic heterocycles. The van der Waals surface area contributed by atoms with E-state index in [2.05, 4.69) is 6.92 Å². The Labute approximate surface area is 112 Å². The first kappa shape index (κ1) is 13.6. The van der Waals surface area contributed by atoms with Crippen LogP contribution in [0.5, 0.6) is 0 Å². The van der Waals surface area contributed by atoms with Gasteiger partial charge in [0.05, 0.1) is 21.4 Å². The van der Waals surface area contributed by atoms with Gasteiger partial charge < -0.3 is 5.73 Å². The van der Waals surface area contributed by atoms with E-state index in [9.17, 15) is 4.21 Å². The molecule has 2 rings (SSSR count). The summed E-state index contributed by atoms with van der Waals surface area (Å²) in [6.45, 7) is 4.21. The Morgan fingerprint density at radius 2 is 2.17 bits per heavy atom. The summed E-state index contributed by atoms with van der Waals surface area (Å²) in [5.41, 5.74) is 7.81. The summed E-state index contributed by atoms with van der Waals surface area (Å²) in [4.78, 5) is 0.844. The number of anilines is 1. The molecule has 3 atom stereocenters. The lowest BCUT2D eigenvalue weighted by Gasteiger charge is -2.28. The first-order valence-electron chi connectivity index (χ1n) is 6.89. The van der Waals surface area contributed by atoms with Gasteiger partial charge in [0.25, 0.3) is 0 Å². The fourth-order valence-corrected chi connectivity index (χ4v) is 4.59. The second-order valence-corrected chi connectivity index (χ2v) is 7.05. The number of para-hydroxylation sites is 1. The van der Waals surface area contributed by atoms with E-state index in [1.54, 1.807) is 0 Å². The molecule has 2 nitrogen and oxygen atoms in total. The Hall–Kier alpha value is -0.830. The van der Waals surface area contributed by atoms with Gasteiger partial charge in [-0.3, -0.25) is 4.21 Å². The molecule has 1 fully saturated rings. The molecular formula is C15H23NOS. The minimum absolute atomic E-state index is 0.299. The van der Waals surface area contributed by atoms with E-state index in [1.165, 1.54) is 19.3 Å². The van der Waals surface area contributed by atoms with Crippen LogP contribution in [0.1, 0.15) is 44.6 Å².